The lowest BCUT2D eigenvalue weighted by atomic mass is 9.96. The van der Waals surface area contributed by atoms with E-state index in [4.69, 9.17) is 0 Å². The Bertz CT molecular complexity index is 235. The molecule has 1 N–H and O–H groups in total. The largest absolute Gasteiger partial charge is 0.386 e. The van der Waals surface area contributed by atoms with E-state index in [-0.39, 0.29) is 5.91 Å². The number of likely N-dealkylation sites (tertiary alicyclic amines) is 1. The fourth-order valence-electron chi connectivity index (χ4n) is 1.56. The van der Waals surface area contributed by atoms with E-state index in [0.29, 0.717) is 13.1 Å². The maximum Gasteiger partial charge on any atom is 0.249 e. The molecule has 0 spiro atoms. The number of amides is 1. The normalized spacial score (nSPS) is 21.2. The van der Waals surface area contributed by atoms with Gasteiger partial charge in [0, 0.05) is 5.57 Å². The van der Waals surface area contributed by atoms with Gasteiger partial charge in [-0.15, -0.1) is 0 Å². The van der Waals surface area contributed by atoms with Crippen molar-refractivity contribution in [3.05, 3.63) is 11.6 Å². The molecule has 0 saturated carbocycles. The number of rotatable bonds is 2. The van der Waals surface area contributed by atoms with Crippen LogP contribution in [0.1, 0.15) is 27.2 Å². The molecule has 0 aromatic carbocycles. The first-order chi connectivity index (χ1) is 5.96. The molecular weight excluding hydrogens is 166 g/mol. The number of hydrogen-bond donors (Lipinski definition) is 1. The average Bonchev–Trinajstić information content (AvgIpc) is 1.99. The summed E-state index contributed by atoms with van der Waals surface area (Å²) in [6.07, 6.45) is 2.79. The van der Waals surface area contributed by atoms with E-state index in [1.54, 1.807) is 11.8 Å². The summed E-state index contributed by atoms with van der Waals surface area (Å²) >= 11 is 0. The minimum Gasteiger partial charge on any atom is -0.386 e. The highest BCUT2D eigenvalue weighted by atomic mass is 16.3. The molecule has 0 bridgehead atoms. The summed E-state index contributed by atoms with van der Waals surface area (Å²) in [5, 5.41) is 9.43. The summed E-state index contributed by atoms with van der Waals surface area (Å²) in [5.74, 6) is 0.0494. The zero-order valence-electron chi connectivity index (χ0n) is 8.50. The third-order valence-electron chi connectivity index (χ3n) is 2.20. The van der Waals surface area contributed by atoms with Gasteiger partial charge in [-0.1, -0.05) is 13.0 Å². The second kappa shape index (κ2) is 3.50. The van der Waals surface area contributed by atoms with Crippen LogP contribution in [0.3, 0.4) is 0 Å². The third-order valence-corrected chi connectivity index (χ3v) is 2.20. The molecule has 1 amide bonds. The van der Waals surface area contributed by atoms with E-state index in [2.05, 4.69) is 0 Å². The van der Waals surface area contributed by atoms with E-state index < -0.39 is 5.60 Å². The number of hydrogen-bond acceptors (Lipinski definition) is 2. The second-order valence-corrected chi connectivity index (χ2v) is 3.95. The van der Waals surface area contributed by atoms with Crippen LogP contribution in [0.5, 0.6) is 0 Å². The molecule has 74 valence electrons. The predicted octanol–water partition coefficient (Wildman–Crippen LogP) is 0.936. The summed E-state index contributed by atoms with van der Waals surface area (Å²) in [6.45, 7) is 6.49. The predicted molar refractivity (Wildman–Crippen MR) is 51.3 cm³/mol. The number of β-amino-alcohol motifs (C(OH)–C–C–N with tert-alkyl or cyclic N) is 1. The standard InChI is InChI=1S/C10H17NO2/c1-4-5-8(2)9(12)11-6-10(3,13)7-11/h5,13H,4,6-7H2,1-3H3. The molecule has 1 saturated heterocycles. The molecule has 3 heteroatoms. The molecule has 0 radical (unpaired) electrons. The van der Waals surface area contributed by atoms with Crippen molar-refractivity contribution in [1.82, 2.24) is 4.90 Å². The number of carbonyl (C=O) groups is 1. The molecule has 0 aromatic rings. The van der Waals surface area contributed by atoms with E-state index in [1.807, 2.05) is 19.9 Å². The highest BCUT2D eigenvalue weighted by molar-refractivity contribution is 5.93. The Balaban J connectivity index is 2.48. The molecule has 1 heterocycles. The molecule has 1 fully saturated rings. The van der Waals surface area contributed by atoms with Crippen LogP contribution in [0.2, 0.25) is 0 Å². The van der Waals surface area contributed by atoms with E-state index in [0.717, 1.165) is 12.0 Å². The lowest BCUT2D eigenvalue weighted by Gasteiger charge is -2.44. The molecule has 0 atom stereocenters. The van der Waals surface area contributed by atoms with Gasteiger partial charge in [-0.05, 0) is 20.3 Å². The van der Waals surface area contributed by atoms with Crippen LogP contribution < -0.4 is 0 Å². The monoisotopic (exact) mass is 183 g/mol. The fraction of sp³-hybridized carbons (Fsp3) is 0.700. The van der Waals surface area contributed by atoms with Crippen molar-refractivity contribution < 1.29 is 9.90 Å². The van der Waals surface area contributed by atoms with Gasteiger partial charge in [0.25, 0.3) is 0 Å². The van der Waals surface area contributed by atoms with Crippen molar-refractivity contribution in [2.75, 3.05) is 13.1 Å². The molecule has 3 nitrogen and oxygen atoms in total. The summed E-state index contributed by atoms with van der Waals surface area (Å²) in [6, 6.07) is 0. The Morgan fingerprint density at radius 3 is 2.54 bits per heavy atom. The van der Waals surface area contributed by atoms with Crippen molar-refractivity contribution in [3.63, 3.8) is 0 Å². The Morgan fingerprint density at radius 1 is 1.62 bits per heavy atom. The minimum atomic E-state index is -0.665. The van der Waals surface area contributed by atoms with Gasteiger partial charge in [0.2, 0.25) is 5.91 Å². The SMILES string of the molecule is CCC=C(C)C(=O)N1CC(C)(O)C1. The minimum absolute atomic E-state index is 0.0494. The quantitative estimate of drug-likeness (QED) is 0.647. The molecule has 1 aliphatic rings. The molecule has 1 aliphatic heterocycles. The topological polar surface area (TPSA) is 40.5 Å². The summed E-state index contributed by atoms with van der Waals surface area (Å²) in [7, 11) is 0. The average molecular weight is 183 g/mol. The van der Waals surface area contributed by atoms with Crippen molar-refractivity contribution in [2.45, 2.75) is 32.8 Å². The van der Waals surface area contributed by atoms with Gasteiger partial charge in [-0.25, -0.2) is 0 Å². The van der Waals surface area contributed by atoms with Gasteiger partial charge in [0.1, 0.15) is 0 Å². The van der Waals surface area contributed by atoms with Gasteiger partial charge in [0.05, 0.1) is 18.7 Å². The van der Waals surface area contributed by atoms with Gasteiger partial charge < -0.3 is 10.0 Å². The maximum atomic E-state index is 11.5. The van der Waals surface area contributed by atoms with Gasteiger partial charge in [0.15, 0.2) is 0 Å². The highest BCUT2D eigenvalue weighted by Crippen LogP contribution is 2.21. The van der Waals surface area contributed by atoms with Crippen LogP contribution in [-0.4, -0.2) is 34.6 Å². The first-order valence-corrected chi connectivity index (χ1v) is 4.64. The molecular formula is C10H17NO2. The smallest absolute Gasteiger partial charge is 0.249 e. The zero-order chi connectivity index (χ0) is 10.1. The van der Waals surface area contributed by atoms with Crippen molar-refractivity contribution in [1.29, 1.82) is 0 Å². The second-order valence-electron chi connectivity index (χ2n) is 3.95. The Kier molecular flexibility index (Phi) is 2.76. The van der Waals surface area contributed by atoms with Crippen LogP contribution in [0.15, 0.2) is 11.6 Å². The lowest BCUT2D eigenvalue weighted by Crippen LogP contribution is -2.61. The molecule has 13 heavy (non-hydrogen) atoms. The van der Waals surface area contributed by atoms with Crippen LogP contribution in [0.25, 0.3) is 0 Å². The maximum absolute atomic E-state index is 11.5. The number of aliphatic hydroxyl groups is 1. The van der Waals surface area contributed by atoms with Crippen LogP contribution in [-0.2, 0) is 4.79 Å². The van der Waals surface area contributed by atoms with Crippen LogP contribution in [0.4, 0.5) is 0 Å². The van der Waals surface area contributed by atoms with Gasteiger partial charge >= 0.3 is 0 Å². The molecule has 1 rings (SSSR count). The summed E-state index contributed by atoms with van der Waals surface area (Å²) in [4.78, 5) is 13.2. The number of nitrogens with zero attached hydrogens (tertiary/aromatic N) is 1. The first-order valence-electron chi connectivity index (χ1n) is 4.64. The Morgan fingerprint density at radius 2 is 2.15 bits per heavy atom. The zero-order valence-corrected chi connectivity index (χ0v) is 8.50. The fourth-order valence-corrected chi connectivity index (χ4v) is 1.56. The van der Waals surface area contributed by atoms with Crippen LogP contribution in [0, 0.1) is 0 Å². The number of carbonyl (C=O) groups excluding carboxylic acids is 1. The molecule has 0 unspecified atom stereocenters. The number of allylic oxidation sites excluding steroid dienone is 1. The Hall–Kier alpha value is -0.830. The highest BCUT2D eigenvalue weighted by Gasteiger charge is 2.39. The van der Waals surface area contributed by atoms with E-state index in [9.17, 15) is 9.90 Å². The summed E-state index contributed by atoms with van der Waals surface area (Å²) in [5.41, 5.74) is 0.111. The van der Waals surface area contributed by atoms with Crippen molar-refractivity contribution >= 4 is 5.91 Å². The van der Waals surface area contributed by atoms with Gasteiger partial charge in [-0.2, -0.15) is 0 Å². The lowest BCUT2D eigenvalue weighted by molar-refractivity contribution is -0.148. The van der Waals surface area contributed by atoms with Crippen molar-refractivity contribution in [2.24, 2.45) is 0 Å². The first kappa shape index (κ1) is 10.3. The van der Waals surface area contributed by atoms with Crippen LogP contribution >= 0.6 is 0 Å². The molecule has 0 aromatic heterocycles. The molecule has 0 aliphatic carbocycles. The van der Waals surface area contributed by atoms with Gasteiger partial charge in [-0.3, -0.25) is 4.79 Å². The van der Waals surface area contributed by atoms with Crippen molar-refractivity contribution in [3.8, 4) is 0 Å². The Labute approximate surface area is 79.0 Å². The summed E-state index contributed by atoms with van der Waals surface area (Å²) < 4.78 is 0. The van der Waals surface area contributed by atoms with E-state index in [1.165, 1.54) is 0 Å². The van der Waals surface area contributed by atoms with E-state index >= 15 is 0 Å². The third kappa shape index (κ3) is 2.31.